The van der Waals surface area contributed by atoms with E-state index < -0.39 is 0 Å². The third-order valence-corrected chi connectivity index (χ3v) is 6.27. The van der Waals surface area contributed by atoms with E-state index >= 15 is 0 Å². The number of hydrogen-bond acceptors (Lipinski definition) is 5. The fraction of sp³-hybridized carbons (Fsp3) is 0.348. The van der Waals surface area contributed by atoms with Crippen LogP contribution in [0.25, 0.3) is 6.08 Å². The van der Waals surface area contributed by atoms with Crippen molar-refractivity contribution < 1.29 is 9.53 Å². The lowest BCUT2D eigenvalue weighted by Gasteiger charge is -2.25. The summed E-state index contributed by atoms with van der Waals surface area (Å²) in [5, 5.41) is 5.51. The van der Waals surface area contributed by atoms with Crippen LogP contribution < -0.4 is 5.32 Å². The molecule has 1 N–H and O–H groups in total. The second-order valence-corrected chi connectivity index (χ2v) is 8.40. The van der Waals surface area contributed by atoms with Gasteiger partial charge in [0.2, 0.25) is 0 Å². The Bertz CT molecular complexity index is 988. The van der Waals surface area contributed by atoms with Crippen LogP contribution in [-0.4, -0.2) is 33.7 Å². The molecule has 3 aromatic rings. The highest BCUT2D eigenvalue weighted by atomic mass is 32.1. The van der Waals surface area contributed by atoms with Crippen LogP contribution in [0.2, 0.25) is 0 Å². The maximum Gasteiger partial charge on any atom is 0.274 e. The highest BCUT2D eigenvalue weighted by Crippen LogP contribution is 2.27. The fourth-order valence-electron chi connectivity index (χ4n) is 3.78. The van der Waals surface area contributed by atoms with Gasteiger partial charge in [-0.3, -0.25) is 15.1 Å². The van der Waals surface area contributed by atoms with Crippen LogP contribution in [0, 0.1) is 5.92 Å². The molecule has 4 rings (SSSR count). The minimum atomic E-state index is -0.156. The van der Waals surface area contributed by atoms with Gasteiger partial charge in [0.15, 0.2) is 5.13 Å². The van der Waals surface area contributed by atoms with Crippen molar-refractivity contribution in [3.8, 4) is 0 Å². The summed E-state index contributed by atoms with van der Waals surface area (Å²) in [4.78, 5) is 21.3. The zero-order valence-corrected chi connectivity index (χ0v) is 17.8. The summed E-state index contributed by atoms with van der Waals surface area (Å²) in [6.45, 7) is 0.620. The third-order valence-electron chi connectivity index (χ3n) is 5.50. The number of nitrogens with one attached hydrogen (secondary N) is 1. The second kappa shape index (κ2) is 9.82. The molecule has 6 nitrogen and oxygen atoms in total. The molecule has 30 heavy (non-hydrogen) atoms. The first-order valence-electron chi connectivity index (χ1n) is 10.2. The predicted molar refractivity (Wildman–Crippen MR) is 120 cm³/mol. The lowest BCUT2D eigenvalue weighted by atomic mass is 9.87. The van der Waals surface area contributed by atoms with Gasteiger partial charge >= 0.3 is 0 Å². The highest BCUT2D eigenvalue weighted by Gasteiger charge is 2.19. The van der Waals surface area contributed by atoms with E-state index in [2.05, 4.69) is 27.4 Å². The van der Waals surface area contributed by atoms with E-state index in [1.165, 1.54) is 11.3 Å². The van der Waals surface area contributed by atoms with Crippen molar-refractivity contribution in [3.63, 3.8) is 0 Å². The smallest absolute Gasteiger partial charge is 0.274 e. The highest BCUT2D eigenvalue weighted by molar-refractivity contribution is 7.14. The first-order chi connectivity index (χ1) is 14.7. The van der Waals surface area contributed by atoms with Crippen LogP contribution in [0.15, 0.2) is 54.3 Å². The fourth-order valence-corrected chi connectivity index (χ4v) is 4.45. The van der Waals surface area contributed by atoms with E-state index in [0.29, 0.717) is 29.4 Å². The van der Waals surface area contributed by atoms with Gasteiger partial charge in [-0.1, -0.05) is 6.08 Å². The lowest BCUT2D eigenvalue weighted by molar-refractivity contribution is 0.0627. The molecule has 1 aliphatic rings. The van der Waals surface area contributed by atoms with Gasteiger partial charge in [-0.2, -0.15) is 0 Å². The number of aromatic nitrogens is 3. The van der Waals surface area contributed by atoms with Gasteiger partial charge in [-0.25, -0.2) is 4.98 Å². The number of carbonyl (C=O) groups is 1. The minimum absolute atomic E-state index is 0.156. The largest absolute Gasteiger partial charge is 0.381 e. The number of hydrogen-bond donors (Lipinski definition) is 1. The zero-order valence-electron chi connectivity index (χ0n) is 17.0. The molecule has 0 unspecified atom stereocenters. The van der Waals surface area contributed by atoms with E-state index in [4.69, 9.17) is 4.74 Å². The van der Waals surface area contributed by atoms with Crippen molar-refractivity contribution in [2.24, 2.45) is 5.92 Å². The molecule has 1 fully saturated rings. The normalized spacial score (nSPS) is 19.2. The standard InChI is InChI=1S/C23H26N4O2S/c1-29-20-8-5-17(6-9-20)4-7-19-16-30-23(25-19)26-22(28)21-3-2-14-27(21)15-18-10-12-24-13-11-18/h2-4,7,10-14,16-17,20H,5-6,8-9,15H2,1H3,(H,25,26,28)/b7-4+/t17-,20-. The molecule has 1 saturated carbocycles. The maximum absolute atomic E-state index is 12.8. The molecule has 3 aromatic heterocycles. The van der Waals surface area contributed by atoms with E-state index in [0.717, 1.165) is 36.9 Å². The zero-order chi connectivity index (χ0) is 20.8. The van der Waals surface area contributed by atoms with Crippen molar-refractivity contribution in [1.29, 1.82) is 0 Å². The summed E-state index contributed by atoms with van der Waals surface area (Å²) in [6.07, 6.45) is 14.7. The van der Waals surface area contributed by atoms with Crippen LogP contribution in [0.4, 0.5) is 5.13 Å². The van der Waals surface area contributed by atoms with Crippen LogP contribution >= 0.6 is 11.3 Å². The number of anilines is 1. The first kappa shape index (κ1) is 20.5. The minimum Gasteiger partial charge on any atom is -0.381 e. The van der Waals surface area contributed by atoms with Gasteiger partial charge in [0, 0.05) is 37.6 Å². The summed E-state index contributed by atoms with van der Waals surface area (Å²) in [5.41, 5.74) is 2.58. The molecule has 0 atom stereocenters. The Morgan fingerprint density at radius 1 is 1.27 bits per heavy atom. The number of methoxy groups -OCH3 is 1. The molecule has 0 aromatic carbocycles. The van der Waals surface area contributed by atoms with E-state index in [9.17, 15) is 4.79 Å². The number of rotatable bonds is 7. The summed E-state index contributed by atoms with van der Waals surface area (Å²) in [6, 6.07) is 7.59. The summed E-state index contributed by atoms with van der Waals surface area (Å²) in [5.74, 6) is 0.421. The van der Waals surface area contributed by atoms with Gasteiger partial charge in [0.05, 0.1) is 11.8 Å². The monoisotopic (exact) mass is 422 g/mol. The van der Waals surface area contributed by atoms with Crippen LogP contribution in [0.5, 0.6) is 0 Å². The average Bonchev–Trinajstić information content (AvgIpc) is 3.43. The Labute approximate surface area is 180 Å². The van der Waals surface area contributed by atoms with Crippen molar-refractivity contribution in [2.75, 3.05) is 12.4 Å². The average molecular weight is 423 g/mol. The molecule has 0 spiro atoms. The number of amides is 1. The summed E-state index contributed by atoms with van der Waals surface area (Å²) in [7, 11) is 1.79. The quantitative estimate of drug-likeness (QED) is 0.590. The van der Waals surface area contributed by atoms with Crippen molar-refractivity contribution >= 4 is 28.5 Å². The van der Waals surface area contributed by atoms with Gasteiger partial charge in [-0.05, 0) is 67.5 Å². The molecule has 0 aliphatic heterocycles. The van der Waals surface area contributed by atoms with Crippen molar-refractivity contribution in [3.05, 3.63) is 71.3 Å². The Morgan fingerprint density at radius 3 is 2.83 bits per heavy atom. The van der Waals surface area contributed by atoms with Gasteiger partial charge in [0.1, 0.15) is 5.69 Å². The Kier molecular flexibility index (Phi) is 6.71. The summed E-state index contributed by atoms with van der Waals surface area (Å²) >= 11 is 1.44. The molecular weight excluding hydrogens is 396 g/mol. The molecule has 0 saturated heterocycles. The molecule has 3 heterocycles. The number of ether oxygens (including phenoxy) is 1. The van der Waals surface area contributed by atoms with Gasteiger partial charge in [0.25, 0.3) is 5.91 Å². The molecule has 0 bridgehead atoms. The number of carbonyl (C=O) groups excluding carboxylic acids is 1. The van der Waals surface area contributed by atoms with Crippen molar-refractivity contribution in [2.45, 2.75) is 38.3 Å². The Hall–Kier alpha value is -2.77. The molecule has 156 valence electrons. The van der Waals surface area contributed by atoms with Gasteiger partial charge < -0.3 is 9.30 Å². The topological polar surface area (TPSA) is 69.0 Å². The van der Waals surface area contributed by atoms with Crippen LogP contribution in [0.3, 0.4) is 0 Å². The van der Waals surface area contributed by atoms with E-state index in [-0.39, 0.29) is 5.91 Å². The van der Waals surface area contributed by atoms with E-state index in [1.807, 2.05) is 40.4 Å². The number of pyridine rings is 1. The Morgan fingerprint density at radius 2 is 2.07 bits per heavy atom. The van der Waals surface area contributed by atoms with Crippen molar-refractivity contribution in [1.82, 2.24) is 14.5 Å². The first-order valence-corrected chi connectivity index (χ1v) is 11.1. The number of thiazole rings is 1. The molecule has 1 amide bonds. The van der Waals surface area contributed by atoms with Gasteiger partial charge in [-0.15, -0.1) is 11.3 Å². The third kappa shape index (κ3) is 5.23. The number of nitrogens with zero attached hydrogens (tertiary/aromatic N) is 3. The van der Waals surface area contributed by atoms with Crippen LogP contribution in [0.1, 0.15) is 47.4 Å². The molecule has 0 radical (unpaired) electrons. The molecule has 1 aliphatic carbocycles. The number of allylic oxidation sites excluding steroid dienone is 1. The summed E-state index contributed by atoms with van der Waals surface area (Å²) < 4.78 is 7.36. The van der Waals surface area contributed by atoms with E-state index in [1.54, 1.807) is 19.5 Å². The second-order valence-electron chi connectivity index (χ2n) is 7.54. The lowest BCUT2D eigenvalue weighted by Crippen LogP contribution is -2.19. The van der Waals surface area contributed by atoms with Crippen LogP contribution in [-0.2, 0) is 11.3 Å². The Balaban J connectivity index is 1.35. The molecular formula is C23H26N4O2S. The SMILES string of the molecule is CO[C@H]1CC[C@H](/C=C/c2csc(NC(=O)c3cccn3Cc3ccncc3)n2)CC1. The maximum atomic E-state index is 12.8. The predicted octanol–water partition coefficient (Wildman–Crippen LogP) is 4.86. The molecule has 7 heteroatoms.